The zero-order chi connectivity index (χ0) is 5.98. The Bertz CT molecular complexity index is 68.9. The Hall–Kier alpha value is -0.0800. The van der Waals surface area contributed by atoms with Crippen LogP contribution in [0, 0.1) is 12.8 Å². The highest BCUT2D eigenvalue weighted by atomic mass is 16.6. The molecule has 0 aliphatic carbocycles. The number of aliphatic hydroxyl groups is 1. The molecule has 2 nitrogen and oxygen atoms in total. The van der Waals surface area contributed by atoms with E-state index in [1.54, 1.807) is 0 Å². The maximum atomic E-state index is 8.49. The maximum Gasteiger partial charge on any atom is 0.0813 e. The largest absolute Gasteiger partial charge is 0.396 e. The van der Waals surface area contributed by atoms with E-state index in [0.717, 1.165) is 13.0 Å². The zero-order valence-electron chi connectivity index (χ0n) is 4.84. The summed E-state index contributed by atoms with van der Waals surface area (Å²) in [4.78, 5) is 0. The van der Waals surface area contributed by atoms with Crippen LogP contribution in [0.25, 0.3) is 0 Å². The van der Waals surface area contributed by atoms with Crippen molar-refractivity contribution in [3.05, 3.63) is 6.92 Å². The van der Waals surface area contributed by atoms with Crippen molar-refractivity contribution in [2.45, 2.75) is 12.5 Å². The van der Waals surface area contributed by atoms with Gasteiger partial charge in [0, 0.05) is 6.61 Å². The standard InChI is InChI=1S/C6H11O2/c1-5(3-7)2-6-4-8-6/h5-7H,1-4H2. The first-order valence-corrected chi connectivity index (χ1v) is 2.88. The van der Waals surface area contributed by atoms with Crippen LogP contribution in [-0.2, 0) is 4.74 Å². The van der Waals surface area contributed by atoms with E-state index in [1.165, 1.54) is 0 Å². The first-order valence-electron chi connectivity index (χ1n) is 2.88. The third kappa shape index (κ3) is 1.80. The van der Waals surface area contributed by atoms with Crippen LogP contribution < -0.4 is 0 Å². The number of hydrogen-bond donors (Lipinski definition) is 1. The number of ether oxygens (including phenoxy) is 1. The fourth-order valence-corrected chi connectivity index (χ4v) is 0.650. The molecule has 1 aliphatic rings. The van der Waals surface area contributed by atoms with Gasteiger partial charge >= 0.3 is 0 Å². The predicted octanol–water partition coefficient (Wildman–Crippen LogP) is 0.218. The van der Waals surface area contributed by atoms with Gasteiger partial charge in [-0.15, -0.1) is 0 Å². The van der Waals surface area contributed by atoms with Gasteiger partial charge in [-0.05, 0) is 19.3 Å². The van der Waals surface area contributed by atoms with Crippen molar-refractivity contribution in [1.29, 1.82) is 0 Å². The van der Waals surface area contributed by atoms with Crippen molar-refractivity contribution in [3.63, 3.8) is 0 Å². The molecule has 0 aromatic carbocycles. The van der Waals surface area contributed by atoms with E-state index in [1.807, 2.05) is 0 Å². The fraction of sp³-hybridized carbons (Fsp3) is 0.833. The van der Waals surface area contributed by atoms with Crippen LogP contribution in [-0.4, -0.2) is 24.4 Å². The summed E-state index contributed by atoms with van der Waals surface area (Å²) in [5, 5.41) is 8.49. The summed E-state index contributed by atoms with van der Waals surface area (Å²) < 4.78 is 4.93. The number of rotatable bonds is 3. The molecule has 2 atom stereocenters. The van der Waals surface area contributed by atoms with E-state index in [4.69, 9.17) is 9.84 Å². The molecule has 0 bridgehead atoms. The SMILES string of the molecule is [CH2]C(CO)CC1CO1. The summed E-state index contributed by atoms with van der Waals surface area (Å²) in [6.07, 6.45) is 1.32. The third-order valence-corrected chi connectivity index (χ3v) is 1.26. The van der Waals surface area contributed by atoms with Crippen molar-refractivity contribution < 1.29 is 9.84 Å². The molecule has 2 unspecified atom stereocenters. The maximum absolute atomic E-state index is 8.49. The van der Waals surface area contributed by atoms with Crippen LogP contribution in [0.4, 0.5) is 0 Å². The Balaban J connectivity index is 1.98. The Morgan fingerprint density at radius 2 is 2.50 bits per heavy atom. The van der Waals surface area contributed by atoms with Gasteiger partial charge in [0.05, 0.1) is 12.7 Å². The number of aliphatic hydroxyl groups excluding tert-OH is 1. The second-order valence-corrected chi connectivity index (χ2v) is 2.24. The molecule has 1 rings (SSSR count). The molecule has 1 heterocycles. The first kappa shape index (κ1) is 6.05. The summed E-state index contributed by atoms with van der Waals surface area (Å²) in [7, 11) is 0. The molecule has 0 saturated carbocycles. The second-order valence-electron chi connectivity index (χ2n) is 2.24. The van der Waals surface area contributed by atoms with Gasteiger partial charge in [-0.25, -0.2) is 0 Å². The van der Waals surface area contributed by atoms with Gasteiger partial charge in [0.15, 0.2) is 0 Å². The summed E-state index contributed by atoms with van der Waals surface area (Å²) in [6, 6.07) is 0. The van der Waals surface area contributed by atoms with Gasteiger partial charge < -0.3 is 9.84 Å². The van der Waals surface area contributed by atoms with Gasteiger partial charge in [-0.2, -0.15) is 0 Å². The topological polar surface area (TPSA) is 32.8 Å². The van der Waals surface area contributed by atoms with Crippen LogP contribution in [0.2, 0.25) is 0 Å². The lowest BCUT2D eigenvalue weighted by molar-refractivity contribution is 0.233. The molecule has 0 aromatic heterocycles. The quantitative estimate of drug-likeness (QED) is 0.533. The van der Waals surface area contributed by atoms with Crippen molar-refractivity contribution in [2.75, 3.05) is 13.2 Å². The van der Waals surface area contributed by atoms with Crippen LogP contribution in [0.3, 0.4) is 0 Å². The molecule has 1 N–H and O–H groups in total. The van der Waals surface area contributed by atoms with Crippen molar-refractivity contribution in [2.24, 2.45) is 5.92 Å². The molecule has 1 saturated heterocycles. The van der Waals surface area contributed by atoms with Crippen LogP contribution >= 0.6 is 0 Å². The Labute approximate surface area is 49.5 Å². The molecule has 0 spiro atoms. The van der Waals surface area contributed by atoms with E-state index in [2.05, 4.69) is 6.92 Å². The van der Waals surface area contributed by atoms with Gasteiger partial charge in [0.25, 0.3) is 0 Å². The lowest BCUT2D eigenvalue weighted by atomic mass is 10.1. The molecular formula is C6H11O2. The van der Waals surface area contributed by atoms with Crippen molar-refractivity contribution in [1.82, 2.24) is 0 Å². The summed E-state index contributed by atoms with van der Waals surface area (Å²) in [5.41, 5.74) is 0. The summed E-state index contributed by atoms with van der Waals surface area (Å²) >= 11 is 0. The molecule has 0 amide bonds. The average molecular weight is 115 g/mol. The smallest absolute Gasteiger partial charge is 0.0813 e. The Morgan fingerprint density at radius 3 is 2.88 bits per heavy atom. The highest BCUT2D eigenvalue weighted by Crippen LogP contribution is 2.17. The van der Waals surface area contributed by atoms with E-state index in [-0.39, 0.29) is 12.5 Å². The number of epoxide rings is 1. The van der Waals surface area contributed by atoms with Crippen LogP contribution in [0.15, 0.2) is 0 Å². The fourth-order valence-electron chi connectivity index (χ4n) is 0.650. The molecule has 8 heavy (non-hydrogen) atoms. The van der Waals surface area contributed by atoms with E-state index in [0.29, 0.717) is 6.10 Å². The molecular weight excluding hydrogens is 104 g/mol. The Kier molecular flexibility index (Phi) is 1.86. The molecule has 1 fully saturated rings. The van der Waals surface area contributed by atoms with E-state index in [9.17, 15) is 0 Å². The summed E-state index contributed by atoms with van der Waals surface area (Å²) in [6.45, 7) is 4.75. The van der Waals surface area contributed by atoms with Crippen LogP contribution in [0.1, 0.15) is 6.42 Å². The van der Waals surface area contributed by atoms with Gasteiger partial charge in [-0.1, -0.05) is 0 Å². The van der Waals surface area contributed by atoms with Gasteiger partial charge in [0.2, 0.25) is 0 Å². The second kappa shape index (κ2) is 2.46. The molecule has 2 heteroatoms. The zero-order valence-corrected chi connectivity index (χ0v) is 4.84. The number of hydrogen-bond acceptors (Lipinski definition) is 2. The minimum absolute atomic E-state index is 0.169. The molecule has 47 valence electrons. The summed E-state index contributed by atoms with van der Waals surface area (Å²) in [5.74, 6) is 0.169. The normalized spacial score (nSPS) is 30.0. The minimum atomic E-state index is 0.169. The highest BCUT2D eigenvalue weighted by Gasteiger charge is 2.23. The van der Waals surface area contributed by atoms with E-state index >= 15 is 0 Å². The van der Waals surface area contributed by atoms with E-state index < -0.39 is 0 Å². The Morgan fingerprint density at radius 1 is 1.88 bits per heavy atom. The molecule has 1 radical (unpaired) electrons. The monoisotopic (exact) mass is 115 g/mol. The molecule has 0 aromatic rings. The highest BCUT2D eigenvalue weighted by molar-refractivity contribution is 4.74. The third-order valence-electron chi connectivity index (χ3n) is 1.26. The minimum Gasteiger partial charge on any atom is -0.396 e. The van der Waals surface area contributed by atoms with Crippen molar-refractivity contribution in [3.8, 4) is 0 Å². The van der Waals surface area contributed by atoms with Gasteiger partial charge in [0.1, 0.15) is 0 Å². The first-order chi connectivity index (χ1) is 3.83. The predicted molar refractivity (Wildman–Crippen MR) is 30.3 cm³/mol. The average Bonchev–Trinajstić information content (AvgIpc) is 2.50. The van der Waals surface area contributed by atoms with Gasteiger partial charge in [-0.3, -0.25) is 0 Å². The lowest BCUT2D eigenvalue weighted by Gasteiger charge is -2.01. The molecule has 1 aliphatic heterocycles. The van der Waals surface area contributed by atoms with Crippen LogP contribution in [0.5, 0.6) is 0 Å². The van der Waals surface area contributed by atoms with Crippen molar-refractivity contribution >= 4 is 0 Å². The lowest BCUT2D eigenvalue weighted by Crippen LogP contribution is -2.03.